The van der Waals surface area contributed by atoms with E-state index < -0.39 is 7.12 Å². The summed E-state index contributed by atoms with van der Waals surface area (Å²) in [6, 6.07) is 10.6. The Labute approximate surface area is 159 Å². The first-order chi connectivity index (χ1) is 12.9. The average Bonchev–Trinajstić information content (AvgIpc) is 2.69. The van der Waals surface area contributed by atoms with Crippen LogP contribution in [0.5, 0.6) is 0 Å². The maximum absolute atomic E-state index is 12.8. The Morgan fingerprint density at radius 3 is 2.59 bits per heavy atom. The van der Waals surface area contributed by atoms with Crippen LogP contribution in [-0.2, 0) is 0 Å². The molecule has 0 atom stereocenters. The lowest BCUT2D eigenvalue weighted by atomic mass is 9.76. The molecule has 0 radical (unpaired) electrons. The fraction of sp³-hybridized carbons (Fsp3) is 0.238. The monoisotopic (exact) mass is 363 g/mol. The van der Waals surface area contributed by atoms with Crippen molar-refractivity contribution in [2.24, 2.45) is 0 Å². The number of aldehydes is 1. The van der Waals surface area contributed by atoms with Gasteiger partial charge in [-0.25, -0.2) is 0 Å². The average molecular weight is 363 g/mol. The van der Waals surface area contributed by atoms with Crippen LogP contribution in [0.2, 0.25) is 0 Å². The first kappa shape index (κ1) is 19.1. The highest BCUT2D eigenvalue weighted by Gasteiger charge is 2.22. The molecule has 0 spiro atoms. The first-order valence-electron chi connectivity index (χ1n) is 8.92. The minimum atomic E-state index is -1.74. The third-order valence-corrected chi connectivity index (χ3v) is 5.19. The number of hydrogen-bond donors (Lipinski definition) is 2. The number of aryl methyl sites for hydroxylation is 1. The Morgan fingerprint density at radius 2 is 1.96 bits per heavy atom. The second kappa shape index (κ2) is 7.90. The van der Waals surface area contributed by atoms with Crippen LogP contribution in [0, 0.1) is 13.8 Å². The number of carbonyl (C=O) groups is 2. The number of rotatable bonds is 4. The van der Waals surface area contributed by atoms with Crippen molar-refractivity contribution in [2.45, 2.75) is 20.3 Å². The zero-order valence-electron chi connectivity index (χ0n) is 15.5. The molecule has 27 heavy (non-hydrogen) atoms. The zero-order valence-corrected chi connectivity index (χ0v) is 15.5. The van der Waals surface area contributed by atoms with Gasteiger partial charge in [-0.2, -0.15) is 0 Å². The van der Waals surface area contributed by atoms with E-state index in [0.717, 1.165) is 6.42 Å². The molecule has 0 bridgehead atoms. The van der Waals surface area contributed by atoms with Gasteiger partial charge in [0.2, 0.25) is 0 Å². The molecule has 1 amide bonds. The van der Waals surface area contributed by atoms with Crippen molar-refractivity contribution in [2.75, 3.05) is 13.1 Å². The van der Waals surface area contributed by atoms with Gasteiger partial charge in [0.05, 0.1) is 0 Å². The molecule has 1 aliphatic heterocycles. The van der Waals surface area contributed by atoms with Crippen LogP contribution in [0.15, 0.2) is 42.5 Å². The Morgan fingerprint density at radius 1 is 1.19 bits per heavy atom. The maximum atomic E-state index is 12.8. The van der Waals surface area contributed by atoms with Crippen molar-refractivity contribution in [3.05, 3.63) is 70.3 Å². The van der Waals surface area contributed by atoms with E-state index in [2.05, 4.69) is 32.1 Å². The van der Waals surface area contributed by atoms with Crippen molar-refractivity contribution in [3.8, 4) is 0 Å². The fourth-order valence-corrected chi connectivity index (χ4v) is 3.42. The van der Waals surface area contributed by atoms with Gasteiger partial charge in [-0.15, -0.1) is 0 Å². The third-order valence-electron chi connectivity index (χ3n) is 5.19. The van der Waals surface area contributed by atoms with Gasteiger partial charge >= 0.3 is 7.12 Å². The summed E-state index contributed by atoms with van der Waals surface area (Å²) in [7, 11) is -1.74. The lowest BCUT2D eigenvalue weighted by Gasteiger charge is -2.27. The van der Waals surface area contributed by atoms with E-state index in [1.807, 2.05) is 6.07 Å². The molecule has 2 aromatic carbocycles. The van der Waals surface area contributed by atoms with Crippen LogP contribution in [0.1, 0.15) is 43.8 Å². The summed E-state index contributed by atoms with van der Waals surface area (Å²) >= 11 is 0. The highest BCUT2D eigenvalue weighted by Crippen LogP contribution is 2.27. The number of benzene rings is 2. The van der Waals surface area contributed by atoms with Crippen LogP contribution in [-0.4, -0.2) is 47.3 Å². The molecule has 0 aliphatic carbocycles. The highest BCUT2D eigenvalue weighted by atomic mass is 16.4. The molecule has 5 nitrogen and oxygen atoms in total. The van der Waals surface area contributed by atoms with Crippen molar-refractivity contribution >= 4 is 30.3 Å². The molecule has 1 aliphatic rings. The molecule has 0 saturated heterocycles. The highest BCUT2D eigenvalue weighted by molar-refractivity contribution is 6.60. The second-order valence-electron chi connectivity index (χ2n) is 6.81. The summed E-state index contributed by atoms with van der Waals surface area (Å²) in [5, 5.41) is 18.6. The van der Waals surface area contributed by atoms with Gasteiger partial charge < -0.3 is 14.9 Å². The molecule has 2 N–H and O–H groups in total. The van der Waals surface area contributed by atoms with Gasteiger partial charge in [0.25, 0.3) is 5.91 Å². The predicted molar refractivity (Wildman–Crippen MR) is 106 cm³/mol. The zero-order chi connectivity index (χ0) is 19.6. The van der Waals surface area contributed by atoms with Crippen molar-refractivity contribution in [1.82, 2.24) is 4.90 Å². The molecule has 0 fully saturated rings. The molecule has 3 rings (SSSR count). The summed E-state index contributed by atoms with van der Waals surface area (Å²) < 4.78 is 0. The van der Waals surface area contributed by atoms with Crippen molar-refractivity contribution < 1.29 is 19.6 Å². The van der Waals surface area contributed by atoms with Crippen molar-refractivity contribution in [3.63, 3.8) is 0 Å². The Kier molecular flexibility index (Phi) is 5.58. The maximum Gasteiger partial charge on any atom is 0.489 e. The molecule has 0 unspecified atom stereocenters. The van der Waals surface area contributed by atoms with E-state index in [-0.39, 0.29) is 16.9 Å². The van der Waals surface area contributed by atoms with E-state index >= 15 is 0 Å². The Hall–Kier alpha value is -2.70. The van der Waals surface area contributed by atoms with Crippen molar-refractivity contribution in [1.29, 1.82) is 0 Å². The van der Waals surface area contributed by atoms with E-state index in [4.69, 9.17) is 0 Å². The standard InChI is InChI=1S/C21H22BNO4/c1-14-4-3-5-19(15(14)2)16-8-10-23(11-9-16)21(25)17-6-7-20(22(26)27)18(12-17)13-24/h3-8,12-13,26-27H,9-11H2,1-2H3. The van der Waals surface area contributed by atoms with Crippen LogP contribution in [0.25, 0.3) is 5.57 Å². The van der Waals surface area contributed by atoms with E-state index in [0.29, 0.717) is 24.9 Å². The third kappa shape index (κ3) is 3.87. The quantitative estimate of drug-likeness (QED) is 0.641. The summed E-state index contributed by atoms with van der Waals surface area (Å²) in [6.07, 6.45) is 3.37. The molecule has 6 heteroatoms. The smallest absolute Gasteiger partial charge is 0.423 e. The van der Waals surface area contributed by atoms with Crippen LogP contribution in [0.4, 0.5) is 0 Å². The Bertz CT molecular complexity index is 920. The molecule has 138 valence electrons. The van der Waals surface area contributed by atoms with Crippen LogP contribution >= 0.6 is 0 Å². The number of nitrogens with zero attached hydrogens (tertiary/aromatic N) is 1. The minimum Gasteiger partial charge on any atom is -0.423 e. The summed E-state index contributed by atoms with van der Waals surface area (Å²) in [6.45, 7) is 5.30. The van der Waals surface area contributed by atoms with E-state index in [1.54, 1.807) is 4.90 Å². The summed E-state index contributed by atoms with van der Waals surface area (Å²) in [5.41, 5.74) is 5.55. The SMILES string of the molecule is Cc1cccc(C2=CCN(C(=O)c3ccc(B(O)O)c(C=O)c3)CC2)c1C. The second-order valence-corrected chi connectivity index (χ2v) is 6.81. The molecule has 2 aromatic rings. The van der Waals surface area contributed by atoms with E-state index in [9.17, 15) is 19.6 Å². The predicted octanol–water partition coefficient (Wildman–Crippen LogP) is 1.73. The van der Waals surface area contributed by atoms with Gasteiger partial charge in [0.1, 0.15) is 6.29 Å². The molecular weight excluding hydrogens is 341 g/mol. The van der Waals surface area contributed by atoms with Crippen LogP contribution in [0.3, 0.4) is 0 Å². The number of amides is 1. The first-order valence-corrected chi connectivity index (χ1v) is 8.92. The lowest BCUT2D eigenvalue weighted by Crippen LogP contribution is -2.36. The van der Waals surface area contributed by atoms with Crippen LogP contribution < -0.4 is 5.46 Å². The lowest BCUT2D eigenvalue weighted by molar-refractivity contribution is 0.0773. The summed E-state index contributed by atoms with van der Waals surface area (Å²) in [4.78, 5) is 25.7. The molecule has 0 saturated carbocycles. The van der Waals surface area contributed by atoms with Gasteiger partial charge in [-0.3, -0.25) is 9.59 Å². The van der Waals surface area contributed by atoms with Gasteiger partial charge in [0.15, 0.2) is 0 Å². The van der Waals surface area contributed by atoms with E-state index in [1.165, 1.54) is 40.5 Å². The summed E-state index contributed by atoms with van der Waals surface area (Å²) in [5.74, 6) is -0.173. The van der Waals surface area contributed by atoms with Gasteiger partial charge in [-0.05, 0) is 60.1 Å². The van der Waals surface area contributed by atoms with Gasteiger partial charge in [0, 0.05) is 24.2 Å². The topological polar surface area (TPSA) is 77.8 Å². The normalized spacial score (nSPS) is 13.9. The fourth-order valence-electron chi connectivity index (χ4n) is 3.42. The molecule has 0 aromatic heterocycles. The minimum absolute atomic E-state index is 0.0947. The Balaban J connectivity index is 1.79. The number of hydrogen-bond acceptors (Lipinski definition) is 4. The van der Waals surface area contributed by atoms with Gasteiger partial charge in [-0.1, -0.05) is 30.3 Å². The largest absolute Gasteiger partial charge is 0.489 e. The molecule has 1 heterocycles. The molecular formula is C21H22BNO4. The number of carbonyl (C=O) groups excluding carboxylic acids is 2.